The van der Waals surface area contributed by atoms with Crippen molar-refractivity contribution >= 4 is 17.9 Å². The lowest BCUT2D eigenvalue weighted by molar-refractivity contribution is 0.0497. The fourth-order valence-electron chi connectivity index (χ4n) is 3.38. The van der Waals surface area contributed by atoms with Crippen molar-refractivity contribution < 1.29 is 19.1 Å². The van der Waals surface area contributed by atoms with Gasteiger partial charge in [0.15, 0.2) is 0 Å². The number of pyridine rings is 1. The lowest BCUT2D eigenvalue weighted by Crippen LogP contribution is -2.40. The van der Waals surface area contributed by atoms with Crippen molar-refractivity contribution in [1.82, 2.24) is 20.9 Å². The second kappa shape index (κ2) is 11.4. The van der Waals surface area contributed by atoms with E-state index in [9.17, 15) is 9.59 Å². The smallest absolute Gasteiger partial charge is 0.407 e. The van der Waals surface area contributed by atoms with Gasteiger partial charge in [-0.2, -0.15) is 0 Å². The van der Waals surface area contributed by atoms with E-state index in [0.29, 0.717) is 0 Å². The third-order valence-electron chi connectivity index (χ3n) is 4.70. The molecule has 180 valence electrons. The van der Waals surface area contributed by atoms with Gasteiger partial charge in [0.2, 0.25) is 0 Å². The van der Waals surface area contributed by atoms with Gasteiger partial charge >= 0.3 is 12.2 Å². The third kappa shape index (κ3) is 10.2. The van der Waals surface area contributed by atoms with Crippen LogP contribution in [0.1, 0.15) is 54.4 Å². The summed E-state index contributed by atoms with van der Waals surface area (Å²) in [4.78, 5) is 29.3. The van der Waals surface area contributed by atoms with E-state index in [1.807, 2.05) is 59.9 Å². The van der Waals surface area contributed by atoms with E-state index >= 15 is 0 Å². The minimum atomic E-state index is -0.453. The van der Waals surface area contributed by atoms with Gasteiger partial charge < -0.3 is 30.3 Å². The molecule has 9 nitrogen and oxygen atoms in total. The topological polar surface area (TPSA) is 105 Å². The SMILES string of the molecule is CC(C)(C)OC(=O)NC1CCN(c2cccnc2)C1.CC(C)(C)OC(=O)NC1CCNC1. The van der Waals surface area contributed by atoms with Gasteiger partial charge in [0.1, 0.15) is 11.2 Å². The molecule has 0 aromatic carbocycles. The number of nitrogens with one attached hydrogen (secondary N) is 3. The van der Waals surface area contributed by atoms with Gasteiger partial charge in [-0.15, -0.1) is 0 Å². The van der Waals surface area contributed by atoms with E-state index in [-0.39, 0.29) is 24.3 Å². The largest absolute Gasteiger partial charge is 0.444 e. The first-order chi connectivity index (χ1) is 14.9. The van der Waals surface area contributed by atoms with Crippen molar-refractivity contribution in [2.45, 2.75) is 77.7 Å². The fourth-order valence-corrected chi connectivity index (χ4v) is 3.38. The van der Waals surface area contributed by atoms with E-state index in [1.165, 1.54) is 0 Å². The monoisotopic (exact) mass is 449 g/mol. The number of rotatable bonds is 3. The van der Waals surface area contributed by atoms with E-state index in [1.54, 1.807) is 6.20 Å². The Morgan fingerprint density at radius 2 is 1.66 bits per heavy atom. The number of amides is 2. The van der Waals surface area contributed by atoms with Gasteiger partial charge in [-0.3, -0.25) is 4.98 Å². The fraction of sp³-hybridized carbons (Fsp3) is 0.696. The van der Waals surface area contributed by atoms with Crippen LogP contribution in [0.3, 0.4) is 0 Å². The quantitative estimate of drug-likeness (QED) is 0.651. The Labute approximate surface area is 191 Å². The van der Waals surface area contributed by atoms with Crippen LogP contribution in [0, 0.1) is 0 Å². The number of aromatic nitrogens is 1. The minimum absolute atomic E-state index is 0.134. The second-order valence-electron chi connectivity index (χ2n) is 10.1. The van der Waals surface area contributed by atoms with Crippen molar-refractivity contribution in [2.24, 2.45) is 0 Å². The van der Waals surface area contributed by atoms with Crippen LogP contribution in [0.2, 0.25) is 0 Å². The molecule has 3 N–H and O–H groups in total. The number of carbonyl (C=O) groups excluding carboxylic acids is 2. The Kier molecular flexibility index (Phi) is 9.12. The Bertz CT molecular complexity index is 724. The highest BCUT2D eigenvalue weighted by molar-refractivity contribution is 5.68. The number of anilines is 1. The maximum absolute atomic E-state index is 11.7. The molecule has 9 heteroatoms. The Balaban J connectivity index is 0.000000244. The molecule has 3 rings (SSSR count). The first-order valence-electron chi connectivity index (χ1n) is 11.3. The molecule has 2 unspecified atom stereocenters. The van der Waals surface area contributed by atoms with Crippen molar-refractivity contribution in [2.75, 3.05) is 31.1 Å². The Morgan fingerprint density at radius 3 is 2.16 bits per heavy atom. The molecule has 2 aliphatic heterocycles. The van der Waals surface area contributed by atoms with Crippen molar-refractivity contribution in [3.8, 4) is 0 Å². The predicted molar refractivity (Wildman–Crippen MR) is 125 cm³/mol. The zero-order chi connectivity index (χ0) is 23.8. The van der Waals surface area contributed by atoms with Crippen LogP contribution in [0.5, 0.6) is 0 Å². The summed E-state index contributed by atoms with van der Waals surface area (Å²) in [6, 6.07) is 4.32. The van der Waals surface area contributed by atoms with E-state index < -0.39 is 11.2 Å². The molecule has 0 radical (unpaired) electrons. The van der Waals surface area contributed by atoms with Gasteiger partial charge in [0.05, 0.1) is 17.9 Å². The highest BCUT2D eigenvalue weighted by Crippen LogP contribution is 2.19. The van der Waals surface area contributed by atoms with Gasteiger partial charge in [-0.25, -0.2) is 9.59 Å². The molecule has 3 heterocycles. The van der Waals surface area contributed by atoms with Crippen LogP contribution >= 0.6 is 0 Å². The molecule has 0 saturated carbocycles. The average molecular weight is 450 g/mol. The number of ether oxygens (including phenoxy) is 2. The van der Waals surface area contributed by atoms with Gasteiger partial charge in [0.25, 0.3) is 0 Å². The lowest BCUT2D eigenvalue weighted by atomic mass is 10.2. The van der Waals surface area contributed by atoms with Crippen molar-refractivity contribution in [1.29, 1.82) is 0 Å². The number of hydrogen-bond donors (Lipinski definition) is 3. The number of carbonyl (C=O) groups is 2. The second-order valence-corrected chi connectivity index (χ2v) is 10.1. The van der Waals surface area contributed by atoms with E-state index in [0.717, 1.165) is 44.7 Å². The van der Waals surface area contributed by atoms with Gasteiger partial charge in [-0.1, -0.05) is 0 Å². The average Bonchev–Trinajstić information content (AvgIpc) is 3.32. The summed E-state index contributed by atoms with van der Waals surface area (Å²) in [5.41, 5.74) is 0.234. The van der Waals surface area contributed by atoms with Crippen LogP contribution in [-0.4, -0.2) is 66.6 Å². The summed E-state index contributed by atoms with van der Waals surface area (Å²) in [5, 5.41) is 8.89. The van der Waals surface area contributed by atoms with Crippen LogP contribution in [0.15, 0.2) is 24.5 Å². The molecule has 1 aromatic heterocycles. The van der Waals surface area contributed by atoms with Gasteiger partial charge in [-0.05, 0) is 73.1 Å². The molecule has 2 atom stereocenters. The molecule has 0 spiro atoms. The first-order valence-corrected chi connectivity index (χ1v) is 11.3. The summed E-state index contributed by atoms with van der Waals surface area (Å²) < 4.78 is 10.4. The first kappa shape index (κ1) is 25.7. The number of nitrogens with zero attached hydrogens (tertiary/aromatic N) is 2. The van der Waals surface area contributed by atoms with Gasteiger partial charge in [0, 0.05) is 31.9 Å². The highest BCUT2D eigenvalue weighted by atomic mass is 16.6. The van der Waals surface area contributed by atoms with Crippen LogP contribution in [-0.2, 0) is 9.47 Å². The molecule has 2 saturated heterocycles. The molecular formula is C23H39N5O4. The predicted octanol–water partition coefficient (Wildman–Crippen LogP) is 3.06. The molecule has 32 heavy (non-hydrogen) atoms. The summed E-state index contributed by atoms with van der Waals surface area (Å²) in [5.74, 6) is 0. The molecule has 1 aromatic rings. The zero-order valence-electron chi connectivity index (χ0n) is 20.2. The molecule has 2 aliphatic rings. The summed E-state index contributed by atoms with van der Waals surface area (Å²) in [7, 11) is 0. The normalized spacial score (nSPS) is 20.8. The summed E-state index contributed by atoms with van der Waals surface area (Å²) in [6.07, 6.45) is 4.85. The van der Waals surface area contributed by atoms with Crippen molar-refractivity contribution in [3.63, 3.8) is 0 Å². The highest BCUT2D eigenvalue weighted by Gasteiger charge is 2.26. The van der Waals surface area contributed by atoms with Crippen LogP contribution < -0.4 is 20.9 Å². The van der Waals surface area contributed by atoms with E-state index in [2.05, 4.69) is 25.8 Å². The minimum Gasteiger partial charge on any atom is -0.444 e. The number of hydrogen-bond acceptors (Lipinski definition) is 7. The lowest BCUT2D eigenvalue weighted by Gasteiger charge is -2.22. The molecule has 2 amide bonds. The van der Waals surface area contributed by atoms with Crippen molar-refractivity contribution in [3.05, 3.63) is 24.5 Å². The zero-order valence-corrected chi connectivity index (χ0v) is 20.2. The van der Waals surface area contributed by atoms with Crippen LogP contribution in [0.4, 0.5) is 15.3 Å². The van der Waals surface area contributed by atoms with Crippen LogP contribution in [0.25, 0.3) is 0 Å². The maximum Gasteiger partial charge on any atom is 0.407 e. The summed E-state index contributed by atoms with van der Waals surface area (Å²) >= 11 is 0. The summed E-state index contributed by atoms with van der Waals surface area (Å²) in [6.45, 7) is 14.7. The van der Waals surface area contributed by atoms with E-state index in [4.69, 9.17) is 9.47 Å². The molecular weight excluding hydrogens is 410 g/mol. The molecule has 2 fully saturated rings. The Hall–Kier alpha value is -2.55. The standard InChI is InChI=1S/C14H21N3O2.C9H18N2O2/c1-14(2,3)19-13(18)16-11-6-8-17(10-11)12-5-4-7-15-9-12;1-9(2,3)13-8(12)11-7-4-5-10-6-7/h4-5,7,9,11H,6,8,10H2,1-3H3,(H,16,18);7,10H,4-6H2,1-3H3,(H,11,12). The third-order valence-corrected chi connectivity index (χ3v) is 4.70. The molecule has 0 bridgehead atoms. The molecule has 0 aliphatic carbocycles. The maximum atomic E-state index is 11.7. The Morgan fingerprint density at radius 1 is 1.03 bits per heavy atom. The number of alkyl carbamates (subject to hydrolysis) is 2.